The minimum atomic E-state index is -1.98. The molecule has 1 aromatic rings. The molecule has 0 N–H and O–H groups in total. The zero-order valence-corrected chi connectivity index (χ0v) is 17.9. The van der Waals surface area contributed by atoms with Crippen LogP contribution in [0.15, 0.2) is 5.10 Å². The maximum absolute atomic E-state index is 14.7. The number of nitrogens with zero attached hydrogens (tertiary/aromatic N) is 3. The number of rotatable bonds is 12. The highest BCUT2D eigenvalue weighted by Crippen LogP contribution is 2.32. The highest BCUT2D eigenvalue weighted by atomic mass is 19.2. The number of nitro benzene ring substituents is 1. The van der Waals surface area contributed by atoms with E-state index in [0.29, 0.717) is 32.4 Å². The van der Waals surface area contributed by atoms with E-state index in [9.17, 15) is 32.9 Å². The van der Waals surface area contributed by atoms with Gasteiger partial charge in [0.2, 0.25) is 5.82 Å². The summed E-state index contributed by atoms with van der Waals surface area (Å²) in [4.78, 5) is 35.3. The van der Waals surface area contributed by atoms with E-state index in [1.807, 2.05) is 13.8 Å². The summed E-state index contributed by atoms with van der Waals surface area (Å²) >= 11 is 0. The number of hydrogen-bond acceptors (Lipinski definition) is 7. The van der Waals surface area contributed by atoms with E-state index in [4.69, 9.17) is 4.74 Å². The Balaban J connectivity index is 3.58. The number of nitro groups is 1. The molecule has 0 aliphatic carbocycles. The molecule has 1 atom stereocenters. The van der Waals surface area contributed by atoms with Gasteiger partial charge in [0.1, 0.15) is 11.4 Å². The highest BCUT2D eigenvalue weighted by Gasteiger charge is 2.40. The molecule has 0 saturated heterocycles. The molecular formula is C20H26F3N3O5. The number of benzene rings is 1. The van der Waals surface area contributed by atoms with Crippen LogP contribution in [0.3, 0.4) is 0 Å². The Morgan fingerprint density at radius 2 is 1.68 bits per heavy atom. The topological polar surface area (TPSA) is 102 Å². The summed E-state index contributed by atoms with van der Waals surface area (Å²) in [7, 11) is 0. The number of carbonyl (C=O) groups is 2. The van der Waals surface area contributed by atoms with Gasteiger partial charge in [0.15, 0.2) is 17.5 Å². The summed E-state index contributed by atoms with van der Waals surface area (Å²) in [5, 5.41) is 16.9. The first-order chi connectivity index (χ1) is 14.6. The summed E-state index contributed by atoms with van der Waals surface area (Å²) in [5.74, 6) is -9.82. The van der Waals surface area contributed by atoms with Crippen LogP contribution in [0, 0.1) is 40.4 Å². The van der Waals surface area contributed by atoms with Gasteiger partial charge in [-0.3, -0.25) is 24.7 Å². The molecule has 0 heterocycles. The first-order valence-electron chi connectivity index (χ1n) is 9.93. The third kappa shape index (κ3) is 6.25. The second-order valence-electron chi connectivity index (χ2n) is 6.78. The van der Waals surface area contributed by atoms with Crippen molar-refractivity contribution in [3.05, 3.63) is 38.7 Å². The smallest absolute Gasteiger partial charge is 0.322 e. The van der Waals surface area contributed by atoms with E-state index >= 15 is 0 Å². The van der Waals surface area contributed by atoms with Crippen molar-refractivity contribution in [2.45, 2.75) is 47.0 Å². The molecule has 0 aromatic heterocycles. The second kappa shape index (κ2) is 12.0. The van der Waals surface area contributed by atoms with Crippen molar-refractivity contribution in [2.24, 2.45) is 11.0 Å². The van der Waals surface area contributed by atoms with Crippen molar-refractivity contribution in [1.29, 1.82) is 0 Å². The van der Waals surface area contributed by atoms with Crippen molar-refractivity contribution in [1.82, 2.24) is 5.01 Å². The molecule has 0 saturated carbocycles. The van der Waals surface area contributed by atoms with E-state index in [0.717, 1.165) is 13.1 Å². The van der Waals surface area contributed by atoms with Crippen molar-refractivity contribution >= 4 is 23.7 Å². The zero-order chi connectivity index (χ0) is 23.7. The number of esters is 1. The number of ether oxygens (including phenoxy) is 1. The number of halogens is 3. The Kier molecular flexibility index (Phi) is 10.1. The average Bonchev–Trinajstić information content (AvgIpc) is 2.72. The monoisotopic (exact) mass is 445 g/mol. The Bertz CT molecular complexity index is 855. The molecule has 11 heteroatoms. The van der Waals surface area contributed by atoms with Gasteiger partial charge >= 0.3 is 11.7 Å². The van der Waals surface area contributed by atoms with Gasteiger partial charge in [0.25, 0.3) is 0 Å². The fourth-order valence-electron chi connectivity index (χ4n) is 2.75. The van der Waals surface area contributed by atoms with Crippen LogP contribution in [0.4, 0.5) is 18.9 Å². The van der Waals surface area contributed by atoms with Crippen LogP contribution in [0.2, 0.25) is 0 Å². The van der Waals surface area contributed by atoms with Crippen LogP contribution in [-0.2, 0) is 9.53 Å². The average molecular weight is 445 g/mol. The lowest BCUT2D eigenvalue weighted by Gasteiger charge is -2.18. The maximum atomic E-state index is 14.7. The highest BCUT2D eigenvalue weighted by molar-refractivity contribution is 6.20. The fraction of sp³-hybridized carbons (Fsp3) is 0.550. The van der Waals surface area contributed by atoms with Crippen LogP contribution in [0.25, 0.3) is 0 Å². The summed E-state index contributed by atoms with van der Waals surface area (Å²) in [6, 6.07) is 0. The van der Waals surface area contributed by atoms with Gasteiger partial charge in [0, 0.05) is 24.9 Å². The van der Waals surface area contributed by atoms with E-state index in [-0.39, 0.29) is 6.61 Å². The third-order valence-corrected chi connectivity index (χ3v) is 4.27. The van der Waals surface area contributed by atoms with Gasteiger partial charge in [-0.15, -0.1) is 0 Å². The Morgan fingerprint density at radius 3 is 2.16 bits per heavy atom. The minimum absolute atomic E-state index is 0.0640. The van der Waals surface area contributed by atoms with Gasteiger partial charge in [-0.1, -0.05) is 20.8 Å². The number of hydrogen-bond donors (Lipinski definition) is 0. The molecule has 0 aliphatic rings. The first kappa shape index (κ1) is 26.1. The molecular weight excluding hydrogens is 419 g/mol. The van der Waals surface area contributed by atoms with Crippen LogP contribution in [-0.4, -0.2) is 47.6 Å². The van der Waals surface area contributed by atoms with Gasteiger partial charge in [-0.25, -0.2) is 8.78 Å². The fourth-order valence-corrected chi connectivity index (χ4v) is 2.75. The molecule has 172 valence electrons. The first-order valence-corrected chi connectivity index (χ1v) is 9.93. The Hall–Kier alpha value is -2.98. The molecule has 0 bridgehead atoms. The SMILES string of the molecule is CCCOC(=O)C(C=NN(CCC)CCC)C(=O)c1c(F)c(C)c(F)c(F)c1[N+](=O)[O-]. The molecule has 1 unspecified atom stereocenters. The van der Waals surface area contributed by atoms with Crippen molar-refractivity contribution < 1.29 is 32.4 Å². The Morgan fingerprint density at radius 1 is 1.10 bits per heavy atom. The second-order valence-corrected chi connectivity index (χ2v) is 6.78. The number of ketones is 1. The van der Waals surface area contributed by atoms with E-state index < -0.39 is 56.9 Å². The molecule has 0 radical (unpaired) electrons. The lowest BCUT2D eigenvalue weighted by molar-refractivity contribution is -0.388. The summed E-state index contributed by atoms with van der Waals surface area (Å²) in [6.45, 7) is 7.23. The van der Waals surface area contributed by atoms with E-state index in [1.54, 1.807) is 11.9 Å². The number of carbonyl (C=O) groups excluding carboxylic acids is 2. The summed E-state index contributed by atoms with van der Waals surface area (Å²) in [5.41, 5.74) is -3.92. The molecule has 1 aromatic carbocycles. The number of Topliss-reactive ketones (excluding diaryl/α,β-unsaturated/α-hetero) is 1. The molecule has 31 heavy (non-hydrogen) atoms. The lowest BCUT2D eigenvalue weighted by Crippen LogP contribution is -2.31. The van der Waals surface area contributed by atoms with Gasteiger partial charge in [0.05, 0.1) is 11.5 Å². The molecule has 0 spiro atoms. The molecule has 1 rings (SSSR count). The van der Waals surface area contributed by atoms with Crippen LogP contribution in [0.1, 0.15) is 56.0 Å². The van der Waals surface area contributed by atoms with Crippen LogP contribution in [0.5, 0.6) is 0 Å². The van der Waals surface area contributed by atoms with Crippen molar-refractivity contribution in [2.75, 3.05) is 19.7 Å². The largest absolute Gasteiger partial charge is 0.465 e. The van der Waals surface area contributed by atoms with Gasteiger partial charge < -0.3 is 4.74 Å². The third-order valence-electron chi connectivity index (χ3n) is 4.27. The normalized spacial score (nSPS) is 12.1. The summed E-state index contributed by atoms with van der Waals surface area (Å²) in [6.07, 6.45) is 2.73. The predicted molar refractivity (Wildman–Crippen MR) is 107 cm³/mol. The van der Waals surface area contributed by atoms with Crippen LogP contribution < -0.4 is 0 Å². The molecule has 0 aliphatic heterocycles. The van der Waals surface area contributed by atoms with Crippen molar-refractivity contribution in [3.8, 4) is 0 Å². The maximum Gasteiger partial charge on any atom is 0.322 e. The molecule has 0 amide bonds. The van der Waals surface area contributed by atoms with Crippen LogP contribution >= 0.6 is 0 Å². The lowest BCUT2D eigenvalue weighted by atomic mass is 9.94. The van der Waals surface area contributed by atoms with Crippen molar-refractivity contribution in [3.63, 3.8) is 0 Å². The van der Waals surface area contributed by atoms with E-state index in [2.05, 4.69) is 5.10 Å². The van der Waals surface area contributed by atoms with Gasteiger partial charge in [-0.2, -0.15) is 9.49 Å². The standard InChI is InChI=1S/C20H26F3N3O5/c1-5-8-25(9-6-2)24-11-13(20(28)31-10-7-3)19(27)14-15(21)12(4)16(22)17(23)18(14)26(29)30/h11,13H,5-10H2,1-4H3. The minimum Gasteiger partial charge on any atom is -0.465 e. The summed E-state index contributed by atoms with van der Waals surface area (Å²) < 4.78 is 47.7. The zero-order valence-electron chi connectivity index (χ0n) is 17.9. The van der Waals surface area contributed by atoms with E-state index in [1.165, 1.54) is 0 Å². The molecule has 0 fully saturated rings. The Labute approximate surface area is 178 Å². The van der Waals surface area contributed by atoms with Gasteiger partial charge in [-0.05, 0) is 26.2 Å². The predicted octanol–water partition coefficient (Wildman–Crippen LogP) is 4.18. The quantitative estimate of drug-likeness (QED) is 0.0910. The molecule has 8 nitrogen and oxygen atoms in total. The number of hydrazone groups is 1.